The topological polar surface area (TPSA) is 82.6 Å². The van der Waals surface area contributed by atoms with Gasteiger partial charge in [0.25, 0.3) is 0 Å². The van der Waals surface area contributed by atoms with Crippen LogP contribution < -0.4 is 5.59 Å². The van der Waals surface area contributed by atoms with Gasteiger partial charge in [0.15, 0.2) is 0 Å². The van der Waals surface area contributed by atoms with E-state index in [1.54, 1.807) is 45.0 Å². The van der Waals surface area contributed by atoms with Gasteiger partial charge in [-0.3, -0.25) is 0 Å². The molecule has 0 spiro atoms. The number of aromatic nitrogens is 1. The van der Waals surface area contributed by atoms with E-state index in [0.717, 1.165) is 0 Å². The first-order valence-electron chi connectivity index (χ1n) is 5.99. The number of hydrogen-bond donors (Lipinski definition) is 3. The predicted molar refractivity (Wildman–Crippen MR) is 73.3 cm³/mol. The number of nitrogens with one attached hydrogen (secondary N) is 1. The summed E-state index contributed by atoms with van der Waals surface area (Å²) in [5.41, 5.74) is 0.232. The van der Waals surface area contributed by atoms with Crippen molar-refractivity contribution in [3.05, 3.63) is 29.8 Å². The van der Waals surface area contributed by atoms with Gasteiger partial charge in [-0.05, 0) is 26.8 Å². The average Bonchev–Trinajstić information content (AvgIpc) is 2.65. The van der Waals surface area contributed by atoms with Crippen LogP contribution >= 0.6 is 0 Å². The lowest BCUT2D eigenvalue weighted by Crippen LogP contribution is -2.37. The number of benzene rings is 1. The van der Waals surface area contributed by atoms with Crippen LogP contribution in [0.2, 0.25) is 0 Å². The number of carbonyl (C=O) groups excluding carboxylic acids is 1. The Morgan fingerprint density at radius 2 is 1.89 bits per heavy atom. The first kappa shape index (κ1) is 13.6. The summed E-state index contributed by atoms with van der Waals surface area (Å²) in [5.74, 6) is -0.576. The molecular formula is C13H16BNO4. The average molecular weight is 261 g/mol. The second-order valence-electron chi connectivity index (χ2n) is 5.33. The van der Waals surface area contributed by atoms with Crippen LogP contribution in [-0.2, 0) is 4.74 Å². The van der Waals surface area contributed by atoms with E-state index in [2.05, 4.69) is 4.98 Å². The summed E-state index contributed by atoms with van der Waals surface area (Å²) < 4.78 is 5.30. The zero-order valence-electron chi connectivity index (χ0n) is 11.1. The number of rotatable bonds is 2. The van der Waals surface area contributed by atoms with Crippen molar-refractivity contribution < 1.29 is 19.6 Å². The highest BCUT2D eigenvalue weighted by molar-refractivity contribution is 6.60. The fourth-order valence-corrected chi connectivity index (χ4v) is 1.91. The monoisotopic (exact) mass is 261 g/mol. The number of esters is 1. The van der Waals surface area contributed by atoms with Gasteiger partial charge in [-0.15, -0.1) is 0 Å². The van der Waals surface area contributed by atoms with Crippen LogP contribution in [-0.4, -0.2) is 33.7 Å². The maximum atomic E-state index is 12.2. The largest absolute Gasteiger partial charge is 0.506 e. The SMILES string of the molecule is CC(C)(C)OC(=O)c1c(B(O)O)[nH]c2ccccc12. The highest BCUT2D eigenvalue weighted by Crippen LogP contribution is 2.20. The van der Waals surface area contributed by atoms with E-state index in [1.807, 2.05) is 0 Å². The standard InChI is InChI=1S/C13H16BNO4/c1-13(2,3)19-12(16)10-8-6-4-5-7-9(8)15-11(10)14(17)18/h4-7,15,17-18H,1-3H3. The Balaban J connectivity index is 2.56. The van der Waals surface area contributed by atoms with Gasteiger partial charge in [0.05, 0.1) is 11.2 Å². The summed E-state index contributed by atoms with van der Waals surface area (Å²) in [5, 5.41) is 19.3. The third-order valence-electron chi connectivity index (χ3n) is 2.60. The summed E-state index contributed by atoms with van der Waals surface area (Å²) in [4.78, 5) is 15.0. The maximum absolute atomic E-state index is 12.2. The summed E-state index contributed by atoms with van der Waals surface area (Å²) in [7, 11) is -1.75. The van der Waals surface area contributed by atoms with Crippen LogP contribution in [0.25, 0.3) is 10.9 Å². The molecule has 0 unspecified atom stereocenters. The van der Waals surface area contributed by atoms with Crippen LogP contribution in [0.3, 0.4) is 0 Å². The molecule has 100 valence electrons. The maximum Gasteiger partial charge on any atom is 0.506 e. The van der Waals surface area contributed by atoms with Gasteiger partial charge in [0.2, 0.25) is 0 Å². The number of hydrogen-bond acceptors (Lipinski definition) is 4. The number of carbonyl (C=O) groups is 1. The van der Waals surface area contributed by atoms with E-state index in [4.69, 9.17) is 4.74 Å². The highest BCUT2D eigenvalue weighted by atomic mass is 16.6. The van der Waals surface area contributed by atoms with E-state index in [-0.39, 0.29) is 11.2 Å². The van der Waals surface area contributed by atoms with E-state index in [1.165, 1.54) is 0 Å². The molecule has 0 aliphatic rings. The molecule has 0 aliphatic carbocycles. The van der Waals surface area contributed by atoms with Gasteiger partial charge in [-0.25, -0.2) is 4.79 Å². The Morgan fingerprint density at radius 1 is 1.26 bits per heavy atom. The van der Waals surface area contributed by atoms with Crippen molar-refractivity contribution in [2.24, 2.45) is 0 Å². The molecular weight excluding hydrogens is 245 g/mol. The van der Waals surface area contributed by atoms with E-state index in [0.29, 0.717) is 10.9 Å². The second kappa shape index (κ2) is 4.72. The minimum Gasteiger partial charge on any atom is -0.456 e. The molecule has 1 aromatic heterocycles. The zero-order valence-corrected chi connectivity index (χ0v) is 11.1. The van der Waals surface area contributed by atoms with E-state index < -0.39 is 18.7 Å². The van der Waals surface area contributed by atoms with Crippen molar-refractivity contribution in [2.75, 3.05) is 0 Å². The molecule has 0 radical (unpaired) electrons. The zero-order chi connectivity index (χ0) is 14.2. The van der Waals surface area contributed by atoms with Crippen LogP contribution in [0.4, 0.5) is 0 Å². The summed E-state index contributed by atoms with van der Waals surface area (Å²) >= 11 is 0. The number of H-pyrrole nitrogens is 1. The molecule has 1 heterocycles. The molecule has 3 N–H and O–H groups in total. The van der Waals surface area contributed by atoms with Crippen molar-refractivity contribution >= 4 is 29.6 Å². The smallest absolute Gasteiger partial charge is 0.456 e. The Morgan fingerprint density at radius 3 is 2.47 bits per heavy atom. The molecule has 19 heavy (non-hydrogen) atoms. The summed E-state index contributed by atoms with van der Waals surface area (Å²) in [6.45, 7) is 5.28. The fourth-order valence-electron chi connectivity index (χ4n) is 1.91. The number of aromatic amines is 1. The molecule has 2 rings (SSSR count). The van der Waals surface area contributed by atoms with Gasteiger partial charge >= 0.3 is 13.1 Å². The Hall–Kier alpha value is -1.79. The van der Waals surface area contributed by atoms with Crippen LogP contribution in [0, 0.1) is 0 Å². The van der Waals surface area contributed by atoms with Crippen molar-refractivity contribution in [3.63, 3.8) is 0 Å². The van der Waals surface area contributed by atoms with Gasteiger partial charge in [0, 0.05) is 10.9 Å². The van der Waals surface area contributed by atoms with Crippen molar-refractivity contribution in [1.82, 2.24) is 4.98 Å². The minimum absolute atomic E-state index is 0.0513. The highest BCUT2D eigenvalue weighted by Gasteiger charge is 2.29. The van der Waals surface area contributed by atoms with Gasteiger partial charge in [0.1, 0.15) is 5.60 Å². The molecule has 0 fully saturated rings. The summed E-state index contributed by atoms with van der Waals surface area (Å²) in [6, 6.07) is 7.06. The molecule has 0 amide bonds. The van der Waals surface area contributed by atoms with Crippen LogP contribution in [0.15, 0.2) is 24.3 Å². The van der Waals surface area contributed by atoms with Crippen molar-refractivity contribution in [2.45, 2.75) is 26.4 Å². The first-order chi connectivity index (χ1) is 8.79. The number of fused-ring (bicyclic) bond motifs is 1. The minimum atomic E-state index is -1.75. The Bertz CT molecular complexity index is 613. The second-order valence-corrected chi connectivity index (χ2v) is 5.33. The van der Waals surface area contributed by atoms with Gasteiger partial charge in [-0.2, -0.15) is 0 Å². The molecule has 2 aromatic rings. The quantitative estimate of drug-likeness (QED) is 0.551. The molecule has 1 aromatic carbocycles. The predicted octanol–water partition coefficient (Wildman–Crippen LogP) is 0.803. The lowest BCUT2D eigenvalue weighted by Gasteiger charge is -2.19. The lowest BCUT2D eigenvalue weighted by molar-refractivity contribution is 0.00729. The molecule has 0 atom stereocenters. The summed E-state index contributed by atoms with van der Waals surface area (Å²) in [6.07, 6.45) is 0. The van der Waals surface area contributed by atoms with Gasteiger partial charge < -0.3 is 19.8 Å². The first-order valence-corrected chi connectivity index (χ1v) is 5.99. The fraction of sp³-hybridized carbons (Fsp3) is 0.308. The third kappa shape index (κ3) is 2.80. The normalized spacial score (nSPS) is 11.6. The Labute approximate surface area is 111 Å². The Kier molecular flexibility index (Phi) is 3.39. The molecule has 0 saturated carbocycles. The molecule has 0 saturated heterocycles. The molecule has 5 nitrogen and oxygen atoms in total. The van der Waals surface area contributed by atoms with E-state index >= 15 is 0 Å². The molecule has 0 bridgehead atoms. The third-order valence-corrected chi connectivity index (χ3v) is 2.60. The van der Waals surface area contributed by atoms with Crippen molar-refractivity contribution in [3.8, 4) is 0 Å². The number of ether oxygens (including phenoxy) is 1. The lowest BCUT2D eigenvalue weighted by atomic mass is 9.83. The number of para-hydroxylation sites is 1. The van der Waals surface area contributed by atoms with E-state index in [9.17, 15) is 14.8 Å². The molecule has 0 aliphatic heterocycles. The van der Waals surface area contributed by atoms with Crippen LogP contribution in [0.5, 0.6) is 0 Å². The molecule has 6 heteroatoms. The van der Waals surface area contributed by atoms with Gasteiger partial charge in [-0.1, -0.05) is 18.2 Å². The van der Waals surface area contributed by atoms with Crippen molar-refractivity contribution in [1.29, 1.82) is 0 Å². The van der Waals surface area contributed by atoms with Crippen LogP contribution in [0.1, 0.15) is 31.1 Å².